The van der Waals surface area contributed by atoms with Crippen molar-refractivity contribution in [3.05, 3.63) is 29.3 Å². The molecule has 1 saturated carbocycles. The Bertz CT molecular complexity index is 608. The van der Waals surface area contributed by atoms with Gasteiger partial charge >= 0.3 is 0 Å². The van der Waals surface area contributed by atoms with Crippen molar-refractivity contribution < 1.29 is 14.4 Å². The molecule has 2 aliphatic rings. The minimum absolute atomic E-state index is 0.160. The van der Waals surface area contributed by atoms with Crippen LogP contribution >= 0.6 is 11.8 Å². The molecule has 1 saturated heterocycles. The van der Waals surface area contributed by atoms with Gasteiger partial charge < -0.3 is 15.0 Å². The molecule has 0 radical (unpaired) electrons. The van der Waals surface area contributed by atoms with Crippen LogP contribution in [0.25, 0.3) is 0 Å². The van der Waals surface area contributed by atoms with Gasteiger partial charge in [-0.15, -0.1) is 11.8 Å². The molecule has 0 aromatic heterocycles. The number of quaternary nitrogens is 1. The van der Waals surface area contributed by atoms with Gasteiger partial charge in [0.05, 0.1) is 25.5 Å². The molecule has 0 bridgehead atoms. The van der Waals surface area contributed by atoms with Crippen LogP contribution in [-0.2, 0) is 9.53 Å². The summed E-state index contributed by atoms with van der Waals surface area (Å²) < 4.78 is 5.56. The molecule has 4 nitrogen and oxygen atoms in total. The van der Waals surface area contributed by atoms with Gasteiger partial charge in [-0.1, -0.05) is 24.1 Å². The molecule has 5 heteroatoms. The monoisotopic (exact) mass is 377 g/mol. The average molecular weight is 378 g/mol. The molecule has 3 rings (SSSR count). The highest BCUT2D eigenvalue weighted by atomic mass is 32.2. The standard InChI is InChI=1S/C21H32N2O2S/c1-17-6-7-19(18(2)14-17)26-15-20(24)22-16-21(8-4-3-5-9-21)23-10-12-25-13-11-23/h6-7,14H,3-5,8-13,15-16H2,1-2H3,(H,22,24)/p+1. The fourth-order valence-corrected chi connectivity index (χ4v) is 5.29. The number of hydrogen-bond donors (Lipinski definition) is 2. The first-order valence-corrected chi connectivity index (χ1v) is 11.0. The minimum atomic E-state index is 0.160. The van der Waals surface area contributed by atoms with Crippen molar-refractivity contribution in [2.45, 2.75) is 56.4 Å². The lowest BCUT2D eigenvalue weighted by Gasteiger charge is -2.45. The van der Waals surface area contributed by atoms with Gasteiger partial charge in [0.25, 0.3) is 0 Å². The van der Waals surface area contributed by atoms with Crippen molar-refractivity contribution in [3.63, 3.8) is 0 Å². The summed E-state index contributed by atoms with van der Waals surface area (Å²) in [5.74, 6) is 0.658. The Balaban J connectivity index is 1.53. The number of amides is 1. The van der Waals surface area contributed by atoms with Crippen molar-refractivity contribution >= 4 is 17.7 Å². The molecule has 2 fully saturated rings. The molecule has 1 heterocycles. The van der Waals surface area contributed by atoms with E-state index in [2.05, 4.69) is 37.4 Å². The molecular formula is C21H33N2O2S+. The lowest BCUT2D eigenvalue weighted by atomic mass is 9.79. The van der Waals surface area contributed by atoms with Crippen LogP contribution < -0.4 is 10.2 Å². The molecule has 1 aromatic rings. The van der Waals surface area contributed by atoms with Gasteiger partial charge in [0.15, 0.2) is 0 Å². The first kappa shape index (κ1) is 19.7. The first-order chi connectivity index (χ1) is 12.6. The maximum Gasteiger partial charge on any atom is 0.230 e. The topological polar surface area (TPSA) is 42.8 Å². The Morgan fingerprint density at radius 3 is 2.62 bits per heavy atom. The number of aryl methyl sites for hydroxylation is 2. The summed E-state index contributed by atoms with van der Waals surface area (Å²) in [7, 11) is 0. The quantitative estimate of drug-likeness (QED) is 0.747. The molecule has 2 N–H and O–H groups in total. The number of benzene rings is 1. The average Bonchev–Trinajstić information content (AvgIpc) is 2.67. The fraction of sp³-hybridized carbons (Fsp3) is 0.667. The molecule has 0 atom stereocenters. The van der Waals surface area contributed by atoms with E-state index in [9.17, 15) is 4.79 Å². The SMILES string of the molecule is Cc1ccc(SCC(=O)NCC2([NH+]3CCOCC3)CCCCC2)c(C)c1. The van der Waals surface area contributed by atoms with Gasteiger partial charge in [0, 0.05) is 17.7 Å². The molecule has 144 valence electrons. The van der Waals surface area contributed by atoms with Gasteiger partial charge in [0.1, 0.15) is 18.6 Å². The number of carbonyl (C=O) groups excluding carboxylic acids is 1. The van der Waals surface area contributed by atoms with Crippen LogP contribution in [0.1, 0.15) is 43.2 Å². The number of hydrogen-bond acceptors (Lipinski definition) is 3. The zero-order valence-electron chi connectivity index (χ0n) is 16.2. The Morgan fingerprint density at radius 1 is 1.19 bits per heavy atom. The van der Waals surface area contributed by atoms with Crippen LogP contribution in [0.2, 0.25) is 0 Å². The molecular weight excluding hydrogens is 344 g/mol. The molecule has 0 spiro atoms. The molecule has 26 heavy (non-hydrogen) atoms. The normalized spacial score (nSPS) is 20.7. The maximum absolute atomic E-state index is 12.5. The van der Waals surface area contributed by atoms with Crippen LogP contribution in [-0.4, -0.2) is 50.0 Å². The van der Waals surface area contributed by atoms with E-state index in [1.54, 1.807) is 16.7 Å². The van der Waals surface area contributed by atoms with E-state index in [1.165, 1.54) is 48.1 Å². The third kappa shape index (κ3) is 5.02. The van der Waals surface area contributed by atoms with Crippen molar-refractivity contribution in [3.8, 4) is 0 Å². The summed E-state index contributed by atoms with van der Waals surface area (Å²) in [6.45, 7) is 8.90. The molecule has 1 aromatic carbocycles. The number of morpholine rings is 1. The summed E-state index contributed by atoms with van der Waals surface area (Å²) in [4.78, 5) is 15.3. The van der Waals surface area contributed by atoms with Gasteiger partial charge in [-0.05, 0) is 38.3 Å². The summed E-state index contributed by atoms with van der Waals surface area (Å²) >= 11 is 1.65. The van der Waals surface area contributed by atoms with Gasteiger partial charge in [-0.3, -0.25) is 4.79 Å². The van der Waals surface area contributed by atoms with E-state index >= 15 is 0 Å². The number of nitrogens with one attached hydrogen (secondary N) is 2. The van der Waals surface area contributed by atoms with Crippen molar-refractivity contribution in [1.82, 2.24) is 5.32 Å². The van der Waals surface area contributed by atoms with E-state index in [-0.39, 0.29) is 11.4 Å². The second-order valence-electron chi connectivity index (χ2n) is 7.89. The summed E-state index contributed by atoms with van der Waals surface area (Å²) in [6.07, 6.45) is 6.37. The second-order valence-corrected chi connectivity index (χ2v) is 8.91. The summed E-state index contributed by atoms with van der Waals surface area (Å²) in [5.41, 5.74) is 2.75. The molecule has 0 unspecified atom stereocenters. The lowest BCUT2D eigenvalue weighted by Crippen LogP contribution is -3.23. The van der Waals surface area contributed by atoms with Crippen molar-refractivity contribution in [1.29, 1.82) is 0 Å². The Morgan fingerprint density at radius 2 is 1.92 bits per heavy atom. The highest BCUT2D eigenvalue weighted by molar-refractivity contribution is 8.00. The van der Waals surface area contributed by atoms with E-state index in [0.29, 0.717) is 5.75 Å². The van der Waals surface area contributed by atoms with Crippen molar-refractivity contribution in [2.24, 2.45) is 0 Å². The van der Waals surface area contributed by atoms with E-state index in [0.717, 1.165) is 32.8 Å². The van der Waals surface area contributed by atoms with Crippen molar-refractivity contribution in [2.75, 3.05) is 38.6 Å². The van der Waals surface area contributed by atoms with Gasteiger partial charge in [0.2, 0.25) is 5.91 Å². The van der Waals surface area contributed by atoms with E-state index in [1.807, 2.05) is 0 Å². The van der Waals surface area contributed by atoms with Crippen LogP contribution in [0.4, 0.5) is 0 Å². The predicted molar refractivity (Wildman–Crippen MR) is 107 cm³/mol. The Hall–Kier alpha value is -1.04. The smallest absolute Gasteiger partial charge is 0.230 e. The fourth-order valence-electron chi connectivity index (χ4n) is 4.46. The van der Waals surface area contributed by atoms with Crippen LogP contribution in [0, 0.1) is 13.8 Å². The number of ether oxygens (including phenoxy) is 1. The predicted octanol–water partition coefficient (Wildman–Crippen LogP) is 2.13. The third-order valence-corrected chi connectivity index (χ3v) is 7.15. The zero-order chi connectivity index (χ0) is 18.4. The molecule has 1 aliphatic carbocycles. The van der Waals surface area contributed by atoms with Gasteiger partial charge in [-0.25, -0.2) is 0 Å². The van der Waals surface area contributed by atoms with E-state index in [4.69, 9.17) is 4.74 Å². The van der Waals surface area contributed by atoms with Crippen LogP contribution in [0.15, 0.2) is 23.1 Å². The summed E-state index contributed by atoms with van der Waals surface area (Å²) in [5, 5.41) is 3.27. The third-order valence-electron chi connectivity index (χ3n) is 5.97. The lowest BCUT2D eigenvalue weighted by molar-refractivity contribution is -0.960. The van der Waals surface area contributed by atoms with Gasteiger partial charge in [-0.2, -0.15) is 0 Å². The van der Waals surface area contributed by atoms with E-state index < -0.39 is 0 Å². The maximum atomic E-state index is 12.5. The van der Waals surface area contributed by atoms with Crippen LogP contribution in [0.5, 0.6) is 0 Å². The number of thioether (sulfide) groups is 1. The molecule has 1 amide bonds. The number of carbonyl (C=O) groups is 1. The molecule has 1 aliphatic heterocycles. The highest BCUT2D eigenvalue weighted by Crippen LogP contribution is 2.26. The first-order valence-electron chi connectivity index (χ1n) is 9.99. The minimum Gasteiger partial charge on any atom is -0.370 e. The Kier molecular flexibility index (Phi) is 7.01. The van der Waals surface area contributed by atoms with Crippen LogP contribution in [0.3, 0.4) is 0 Å². The largest absolute Gasteiger partial charge is 0.370 e. The zero-order valence-corrected chi connectivity index (χ0v) is 17.1. The second kappa shape index (κ2) is 9.25. The highest BCUT2D eigenvalue weighted by Gasteiger charge is 2.42. The number of rotatable bonds is 6. The summed E-state index contributed by atoms with van der Waals surface area (Å²) in [6, 6.07) is 6.42. The Labute approximate surface area is 162 Å².